The summed E-state index contributed by atoms with van der Waals surface area (Å²) in [5.74, 6) is -1.06. The van der Waals surface area contributed by atoms with Gasteiger partial charge in [-0.1, -0.05) is 25.1 Å². The van der Waals surface area contributed by atoms with Gasteiger partial charge in [-0.05, 0) is 48.6 Å². The molecule has 0 fully saturated rings. The Bertz CT molecular complexity index is 1140. The van der Waals surface area contributed by atoms with E-state index in [0.29, 0.717) is 4.88 Å². The molecular weight excluding hydrogens is 430 g/mol. The number of amides is 2. The summed E-state index contributed by atoms with van der Waals surface area (Å²) in [6, 6.07) is 11.1. The predicted octanol–water partition coefficient (Wildman–Crippen LogP) is 3.56. The van der Waals surface area contributed by atoms with Gasteiger partial charge in [0.05, 0.1) is 16.1 Å². The van der Waals surface area contributed by atoms with Gasteiger partial charge in [0.1, 0.15) is 4.21 Å². The van der Waals surface area contributed by atoms with Gasteiger partial charge in [-0.15, -0.1) is 22.7 Å². The molecule has 2 aromatic heterocycles. The van der Waals surface area contributed by atoms with Gasteiger partial charge in [-0.2, -0.15) is 0 Å². The average Bonchev–Trinajstić information content (AvgIpc) is 3.36. The number of nitrogens with one attached hydrogen (secondary N) is 3. The summed E-state index contributed by atoms with van der Waals surface area (Å²) < 4.78 is 27.5. The second-order valence-corrected chi connectivity index (χ2v) is 10.1. The summed E-state index contributed by atoms with van der Waals surface area (Å²) in [6.45, 7) is 3.94. The number of hydrazine groups is 1. The van der Waals surface area contributed by atoms with E-state index in [2.05, 4.69) is 15.6 Å². The Labute approximate surface area is 176 Å². The molecule has 10 heteroatoms. The normalized spacial score (nSPS) is 11.1. The van der Waals surface area contributed by atoms with Crippen LogP contribution >= 0.6 is 22.7 Å². The van der Waals surface area contributed by atoms with E-state index < -0.39 is 21.8 Å². The Morgan fingerprint density at radius 2 is 1.76 bits per heavy atom. The molecule has 3 rings (SSSR count). The highest BCUT2D eigenvalue weighted by Gasteiger charge is 2.20. The number of hydrogen-bond donors (Lipinski definition) is 3. The molecule has 2 heterocycles. The first kappa shape index (κ1) is 21.0. The van der Waals surface area contributed by atoms with Crippen LogP contribution in [0.1, 0.15) is 37.4 Å². The van der Waals surface area contributed by atoms with Gasteiger partial charge in [0.15, 0.2) is 0 Å². The largest absolute Gasteiger partial charge is 0.279 e. The maximum Gasteiger partial charge on any atom is 0.279 e. The lowest BCUT2D eigenvalue weighted by molar-refractivity contribution is 0.0849. The van der Waals surface area contributed by atoms with Crippen molar-refractivity contribution < 1.29 is 18.0 Å². The number of carbonyl (C=O) groups is 2. The van der Waals surface area contributed by atoms with E-state index in [1.54, 1.807) is 29.6 Å². The molecule has 0 saturated heterocycles. The summed E-state index contributed by atoms with van der Waals surface area (Å²) >= 11 is 2.44. The highest BCUT2D eigenvalue weighted by atomic mass is 32.2. The molecule has 0 aliphatic carbocycles. The van der Waals surface area contributed by atoms with Crippen molar-refractivity contribution in [1.82, 2.24) is 10.9 Å². The van der Waals surface area contributed by atoms with Gasteiger partial charge in [-0.25, -0.2) is 8.42 Å². The molecule has 0 aliphatic heterocycles. The SMILES string of the molecule is CCc1sc(C(=O)NNC(=O)c2ccccc2NS(=O)(=O)c2cccs2)cc1C. The van der Waals surface area contributed by atoms with Crippen LogP contribution in [-0.2, 0) is 16.4 Å². The van der Waals surface area contributed by atoms with Gasteiger partial charge in [0.2, 0.25) is 0 Å². The fourth-order valence-corrected chi connectivity index (χ4v) is 5.69. The zero-order chi connectivity index (χ0) is 21.0. The molecule has 0 unspecified atom stereocenters. The van der Waals surface area contributed by atoms with Crippen LogP contribution in [-0.4, -0.2) is 20.2 Å². The zero-order valence-electron chi connectivity index (χ0n) is 15.7. The first-order valence-corrected chi connectivity index (χ1v) is 11.8. The van der Waals surface area contributed by atoms with Gasteiger partial charge < -0.3 is 0 Å². The Morgan fingerprint density at radius 1 is 1.03 bits per heavy atom. The molecule has 0 atom stereocenters. The topological polar surface area (TPSA) is 104 Å². The van der Waals surface area contributed by atoms with E-state index in [1.807, 2.05) is 13.8 Å². The zero-order valence-corrected chi connectivity index (χ0v) is 18.1. The van der Waals surface area contributed by atoms with Crippen molar-refractivity contribution in [2.24, 2.45) is 0 Å². The molecule has 0 bridgehead atoms. The van der Waals surface area contributed by atoms with E-state index in [-0.39, 0.29) is 15.5 Å². The van der Waals surface area contributed by atoms with Crippen molar-refractivity contribution in [3.63, 3.8) is 0 Å². The summed E-state index contributed by atoms with van der Waals surface area (Å²) in [4.78, 5) is 26.5. The third-order valence-corrected chi connectivity index (χ3v) is 8.17. The molecule has 0 aliphatic rings. The van der Waals surface area contributed by atoms with Crippen molar-refractivity contribution in [2.75, 3.05) is 4.72 Å². The number of benzene rings is 1. The number of hydrogen-bond acceptors (Lipinski definition) is 6. The number of para-hydroxylation sites is 1. The first-order valence-electron chi connectivity index (χ1n) is 8.67. The summed E-state index contributed by atoms with van der Waals surface area (Å²) in [7, 11) is -3.80. The first-order chi connectivity index (χ1) is 13.8. The second kappa shape index (κ2) is 8.76. The Hall–Kier alpha value is -2.69. The third-order valence-electron chi connectivity index (χ3n) is 4.03. The molecule has 7 nitrogen and oxygen atoms in total. The van der Waals surface area contributed by atoms with Crippen LogP contribution < -0.4 is 15.6 Å². The minimum Gasteiger partial charge on any atom is -0.278 e. The van der Waals surface area contributed by atoms with Gasteiger partial charge in [-0.3, -0.25) is 25.2 Å². The van der Waals surface area contributed by atoms with Crippen LogP contribution in [0.25, 0.3) is 0 Å². The maximum absolute atomic E-state index is 12.5. The van der Waals surface area contributed by atoms with Crippen molar-refractivity contribution in [2.45, 2.75) is 24.5 Å². The fourth-order valence-electron chi connectivity index (χ4n) is 2.61. The lowest BCUT2D eigenvalue weighted by Gasteiger charge is -2.12. The van der Waals surface area contributed by atoms with Crippen molar-refractivity contribution in [3.05, 3.63) is 68.7 Å². The number of thiophene rings is 2. The molecule has 0 spiro atoms. The highest BCUT2D eigenvalue weighted by Crippen LogP contribution is 2.23. The van der Waals surface area contributed by atoms with Gasteiger partial charge >= 0.3 is 0 Å². The standard InChI is InChI=1S/C19H19N3O4S3/c1-3-15-12(2)11-16(28-15)19(24)21-20-18(23)13-7-4-5-8-14(13)22-29(25,26)17-9-6-10-27-17/h4-11,22H,3H2,1-2H3,(H,20,23)(H,21,24). The van der Waals surface area contributed by atoms with Gasteiger partial charge in [0, 0.05) is 4.88 Å². The molecule has 0 radical (unpaired) electrons. The number of aryl methyl sites for hydroxylation is 2. The molecule has 3 aromatic rings. The molecule has 0 saturated carbocycles. The lowest BCUT2D eigenvalue weighted by atomic mass is 10.2. The lowest BCUT2D eigenvalue weighted by Crippen LogP contribution is -2.41. The number of anilines is 1. The molecule has 3 N–H and O–H groups in total. The highest BCUT2D eigenvalue weighted by molar-refractivity contribution is 7.94. The van der Waals surface area contributed by atoms with E-state index in [9.17, 15) is 18.0 Å². The summed E-state index contributed by atoms with van der Waals surface area (Å²) in [6.07, 6.45) is 0.827. The Kier molecular flexibility index (Phi) is 6.36. The molecule has 2 amide bonds. The van der Waals surface area contributed by atoms with Crippen molar-refractivity contribution >= 4 is 50.2 Å². The molecule has 152 valence electrons. The van der Waals surface area contributed by atoms with Crippen LogP contribution in [0.5, 0.6) is 0 Å². The van der Waals surface area contributed by atoms with Crippen LogP contribution in [0, 0.1) is 6.92 Å². The van der Waals surface area contributed by atoms with Crippen LogP contribution in [0.3, 0.4) is 0 Å². The molecular formula is C19H19N3O4S3. The molecule has 1 aromatic carbocycles. The van der Waals surface area contributed by atoms with Crippen LogP contribution in [0.2, 0.25) is 0 Å². The van der Waals surface area contributed by atoms with Gasteiger partial charge in [0.25, 0.3) is 21.8 Å². The maximum atomic E-state index is 12.5. The van der Waals surface area contributed by atoms with Crippen LogP contribution in [0.4, 0.5) is 5.69 Å². The summed E-state index contributed by atoms with van der Waals surface area (Å²) in [5.41, 5.74) is 5.95. The van der Waals surface area contributed by atoms with Crippen molar-refractivity contribution in [3.8, 4) is 0 Å². The minimum atomic E-state index is -3.80. The number of rotatable bonds is 6. The molecule has 29 heavy (non-hydrogen) atoms. The predicted molar refractivity (Wildman–Crippen MR) is 115 cm³/mol. The average molecular weight is 450 g/mol. The number of sulfonamides is 1. The smallest absolute Gasteiger partial charge is 0.278 e. The minimum absolute atomic E-state index is 0.0875. The summed E-state index contributed by atoms with van der Waals surface area (Å²) in [5, 5.41) is 1.65. The van der Waals surface area contributed by atoms with E-state index in [1.165, 1.54) is 29.5 Å². The van der Waals surface area contributed by atoms with E-state index in [0.717, 1.165) is 28.2 Å². The van der Waals surface area contributed by atoms with E-state index in [4.69, 9.17) is 0 Å². The Balaban J connectivity index is 1.72. The Morgan fingerprint density at radius 3 is 2.41 bits per heavy atom. The monoisotopic (exact) mass is 449 g/mol. The second-order valence-electron chi connectivity index (χ2n) is 6.06. The number of carbonyl (C=O) groups excluding carboxylic acids is 2. The van der Waals surface area contributed by atoms with Crippen molar-refractivity contribution in [1.29, 1.82) is 0 Å². The van der Waals surface area contributed by atoms with Crippen LogP contribution in [0.15, 0.2) is 52.1 Å². The van der Waals surface area contributed by atoms with E-state index >= 15 is 0 Å². The quantitative estimate of drug-likeness (QED) is 0.501. The fraction of sp³-hybridized carbons (Fsp3) is 0.158. The third kappa shape index (κ3) is 4.84.